The number of carbonyl (C=O) groups excluding carboxylic acids is 1. The van der Waals surface area contributed by atoms with E-state index in [1.54, 1.807) is 6.92 Å². The second-order valence-electron chi connectivity index (χ2n) is 3.07. The van der Waals surface area contributed by atoms with Gasteiger partial charge in [0.1, 0.15) is 5.76 Å². The molecule has 0 saturated heterocycles. The first-order valence-electron chi connectivity index (χ1n) is 4.93. The van der Waals surface area contributed by atoms with Gasteiger partial charge < -0.3 is 14.5 Å². The molecule has 1 rings (SSSR count). The lowest BCUT2D eigenvalue weighted by atomic mass is 10.4. The van der Waals surface area contributed by atoms with Crippen molar-refractivity contribution in [3.63, 3.8) is 0 Å². The van der Waals surface area contributed by atoms with E-state index in [0.717, 1.165) is 10.2 Å². The van der Waals surface area contributed by atoms with Gasteiger partial charge in [-0.2, -0.15) is 0 Å². The largest absolute Gasteiger partial charge is 0.466 e. The second kappa shape index (κ2) is 7.09. The van der Waals surface area contributed by atoms with Gasteiger partial charge in [0, 0.05) is 6.54 Å². The number of halogens is 2. The van der Waals surface area contributed by atoms with Crippen LogP contribution in [0.4, 0.5) is 0 Å². The summed E-state index contributed by atoms with van der Waals surface area (Å²) in [5.74, 6) is 0.624. The zero-order valence-electron chi connectivity index (χ0n) is 8.89. The lowest BCUT2D eigenvalue weighted by Gasteiger charge is -2.02. The van der Waals surface area contributed by atoms with E-state index in [0.29, 0.717) is 30.8 Å². The summed E-state index contributed by atoms with van der Waals surface area (Å²) in [5, 5.41) is 3.10. The predicted octanol–water partition coefficient (Wildman–Crippen LogP) is 2.85. The summed E-state index contributed by atoms with van der Waals surface area (Å²) in [4.78, 5) is 11.0. The molecule has 6 heteroatoms. The summed E-state index contributed by atoms with van der Waals surface area (Å²) in [6.45, 7) is 3.39. The summed E-state index contributed by atoms with van der Waals surface area (Å²) in [7, 11) is 0. The fourth-order valence-corrected chi connectivity index (χ4v) is 1.77. The van der Waals surface area contributed by atoms with Crippen LogP contribution in [0.2, 0.25) is 0 Å². The number of esters is 1. The van der Waals surface area contributed by atoms with E-state index in [4.69, 9.17) is 9.15 Å². The Balaban J connectivity index is 2.18. The molecule has 0 aliphatic rings. The van der Waals surface area contributed by atoms with Crippen molar-refractivity contribution in [1.82, 2.24) is 5.32 Å². The van der Waals surface area contributed by atoms with Crippen molar-refractivity contribution < 1.29 is 13.9 Å². The van der Waals surface area contributed by atoms with E-state index >= 15 is 0 Å². The first kappa shape index (κ1) is 13.7. The monoisotopic (exact) mass is 353 g/mol. The second-order valence-corrected chi connectivity index (χ2v) is 4.64. The number of nitrogens with one attached hydrogen (secondary N) is 1. The maximum Gasteiger partial charge on any atom is 0.307 e. The van der Waals surface area contributed by atoms with Gasteiger partial charge in [-0.3, -0.25) is 4.79 Å². The maximum absolute atomic E-state index is 11.0. The Hall–Kier alpha value is -0.330. The third-order valence-corrected chi connectivity index (χ3v) is 3.52. The molecule has 90 valence electrons. The van der Waals surface area contributed by atoms with Gasteiger partial charge in [-0.1, -0.05) is 0 Å². The molecule has 1 N–H and O–H groups in total. The Morgan fingerprint density at radius 3 is 2.88 bits per heavy atom. The summed E-state index contributed by atoms with van der Waals surface area (Å²) < 4.78 is 11.7. The molecule has 0 spiro atoms. The van der Waals surface area contributed by atoms with Gasteiger partial charge in [0.2, 0.25) is 0 Å². The molecule has 0 amide bonds. The molecule has 0 unspecified atom stereocenters. The van der Waals surface area contributed by atoms with E-state index in [1.165, 1.54) is 0 Å². The molecule has 0 saturated carbocycles. The molecule has 0 atom stereocenters. The predicted molar refractivity (Wildman–Crippen MR) is 67.1 cm³/mol. The van der Waals surface area contributed by atoms with Crippen LogP contribution >= 0.6 is 31.9 Å². The van der Waals surface area contributed by atoms with Crippen LogP contribution in [0, 0.1) is 0 Å². The lowest BCUT2D eigenvalue weighted by Crippen LogP contribution is -2.18. The van der Waals surface area contributed by atoms with Crippen molar-refractivity contribution in [2.45, 2.75) is 19.9 Å². The van der Waals surface area contributed by atoms with Crippen molar-refractivity contribution in [1.29, 1.82) is 0 Å². The van der Waals surface area contributed by atoms with E-state index in [2.05, 4.69) is 37.2 Å². The van der Waals surface area contributed by atoms with Crippen LogP contribution in [0.3, 0.4) is 0 Å². The van der Waals surface area contributed by atoms with Gasteiger partial charge in [-0.25, -0.2) is 0 Å². The average Bonchev–Trinajstić information content (AvgIpc) is 2.54. The number of rotatable bonds is 6. The van der Waals surface area contributed by atoms with Crippen molar-refractivity contribution >= 4 is 37.8 Å². The first-order valence-corrected chi connectivity index (χ1v) is 6.52. The third-order valence-electron chi connectivity index (χ3n) is 1.81. The molecule has 0 fully saturated rings. The van der Waals surface area contributed by atoms with Gasteiger partial charge in [-0.05, 0) is 44.8 Å². The number of hydrogen-bond acceptors (Lipinski definition) is 4. The van der Waals surface area contributed by atoms with E-state index in [9.17, 15) is 4.79 Å². The normalized spacial score (nSPS) is 10.4. The SMILES string of the molecule is CCOC(=O)CCNCc1cc(Br)c(Br)o1. The van der Waals surface area contributed by atoms with Crippen LogP contribution in [-0.2, 0) is 16.1 Å². The Morgan fingerprint density at radius 1 is 1.56 bits per heavy atom. The lowest BCUT2D eigenvalue weighted by molar-refractivity contribution is -0.142. The van der Waals surface area contributed by atoms with E-state index in [1.807, 2.05) is 6.07 Å². The van der Waals surface area contributed by atoms with Crippen LogP contribution in [-0.4, -0.2) is 19.1 Å². The third kappa shape index (κ3) is 4.67. The quantitative estimate of drug-likeness (QED) is 0.630. The molecule has 0 aliphatic heterocycles. The Bertz CT molecular complexity index is 332. The molecule has 1 aromatic rings. The fraction of sp³-hybridized carbons (Fsp3) is 0.500. The highest BCUT2D eigenvalue weighted by Crippen LogP contribution is 2.26. The van der Waals surface area contributed by atoms with Crippen molar-refractivity contribution in [2.24, 2.45) is 0 Å². The smallest absolute Gasteiger partial charge is 0.307 e. The zero-order chi connectivity index (χ0) is 12.0. The van der Waals surface area contributed by atoms with Crippen molar-refractivity contribution in [2.75, 3.05) is 13.2 Å². The van der Waals surface area contributed by atoms with Gasteiger partial charge in [0.05, 0.1) is 24.0 Å². The minimum absolute atomic E-state index is 0.184. The average molecular weight is 355 g/mol. The standard InChI is InChI=1S/C10H13Br2NO3/c1-2-15-9(14)3-4-13-6-7-5-8(11)10(12)16-7/h5,13H,2-4,6H2,1H3. The maximum atomic E-state index is 11.0. The summed E-state index contributed by atoms with van der Waals surface area (Å²) >= 11 is 6.58. The van der Waals surface area contributed by atoms with Crippen LogP contribution < -0.4 is 5.32 Å². The Morgan fingerprint density at radius 2 is 2.31 bits per heavy atom. The molecule has 0 bridgehead atoms. The van der Waals surface area contributed by atoms with Gasteiger partial charge in [-0.15, -0.1) is 0 Å². The minimum atomic E-state index is -0.184. The molecule has 0 radical (unpaired) electrons. The zero-order valence-corrected chi connectivity index (χ0v) is 12.1. The molecule has 0 aromatic carbocycles. The van der Waals surface area contributed by atoms with Crippen LogP contribution in [0.5, 0.6) is 0 Å². The minimum Gasteiger partial charge on any atom is -0.466 e. The van der Waals surface area contributed by atoms with Crippen LogP contribution in [0.1, 0.15) is 19.1 Å². The summed E-state index contributed by atoms with van der Waals surface area (Å²) in [6, 6.07) is 1.88. The Kier molecular flexibility index (Phi) is 6.08. The van der Waals surface area contributed by atoms with E-state index in [-0.39, 0.29) is 5.97 Å². The number of carbonyl (C=O) groups is 1. The highest BCUT2D eigenvalue weighted by atomic mass is 79.9. The van der Waals surface area contributed by atoms with E-state index < -0.39 is 0 Å². The molecular weight excluding hydrogens is 342 g/mol. The molecule has 1 heterocycles. The first-order chi connectivity index (χ1) is 7.63. The molecule has 16 heavy (non-hydrogen) atoms. The van der Waals surface area contributed by atoms with Gasteiger partial charge in [0.15, 0.2) is 4.67 Å². The summed E-state index contributed by atoms with van der Waals surface area (Å²) in [5.41, 5.74) is 0. The van der Waals surface area contributed by atoms with Crippen LogP contribution in [0.15, 0.2) is 19.6 Å². The van der Waals surface area contributed by atoms with Crippen molar-refractivity contribution in [3.05, 3.63) is 21.0 Å². The van der Waals surface area contributed by atoms with Crippen molar-refractivity contribution in [3.8, 4) is 0 Å². The fourth-order valence-electron chi connectivity index (χ4n) is 1.11. The topological polar surface area (TPSA) is 51.5 Å². The highest BCUT2D eigenvalue weighted by Gasteiger charge is 2.06. The van der Waals surface area contributed by atoms with Gasteiger partial charge >= 0.3 is 5.97 Å². The number of hydrogen-bond donors (Lipinski definition) is 1. The number of furan rings is 1. The summed E-state index contributed by atoms with van der Waals surface area (Å²) in [6.07, 6.45) is 0.372. The van der Waals surface area contributed by atoms with Gasteiger partial charge in [0.25, 0.3) is 0 Å². The Labute approximate surface area is 111 Å². The van der Waals surface area contributed by atoms with Crippen LogP contribution in [0.25, 0.3) is 0 Å². The molecule has 4 nitrogen and oxygen atoms in total. The molecule has 0 aliphatic carbocycles. The highest BCUT2D eigenvalue weighted by molar-refractivity contribution is 9.13. The number of ether oxygens (including phenoxy) is 1. The molecule has 1 aromatic heterocycles. The molecular formula is C10H13Br2NO3.